The van der Waals surface area contributed by atoms with Crippen LogP contribution in [0.15, 0.2) is 54.6 Å². The summed E-state index contributed by atoms with van der Waals surface area (Å²) in [5, 5.41) is 11.3. The third-order valence-corrected chi connectivity index (χ3v) is 5.52. The molecule has 28 heavy (non-hydrogen) atoms. The van der Waals surface area contributed by atoms with E-state index in [4.69, 9.17) is 4.74 Å². The summed E-state index contributed by atoms with van der Waals surface area (Å²) >= 11 is 0. The number of fused-ring (bicyclic) bond motifs is 2. The molecule has 2 saturated heterocycles. The van der Waals surface area contributed by atoms with Gasteiger partial charge >= 0.3 is 6.36 Å². The van der Waals surface area contributed by atoms with E-state index in [2.05, 4.69) is 21.8 Å². The van der Waals surface area contributed by atoms with Crippen LogP contribution in [0.1, 0.15) is 24.0 Å². The van der Waals surface area contributed by atoms with Gasteiger partial charge in [0.1, 0.15) is 5.75 Å². The van der Waals surface area contributed by atoms with Gasteiger partial charge in [-0.3, -0.25) is 4.90 Å². The van der Waals surface area contributed by atoms with Crippen LogP contribution in [0, 0.1) is 0 Å². The van der Waals surface area contributed by atoms with Crippen LogP contribution < -0.4 is 4.74 Å². The second-order valence-corrected chi connectivity index (χ2v) is 7.52. The van der Waals surface area contributed by atoms with Gasteiger partial charge in [-0.15, -0.1) is 13.2 Å². The molecule has 2 aliphatic rings. The van der Waals surface area contributed by atoms with Crippen molar-refractivity contribution in [3.05, 3.63) is 65.7 Å². The lowest BCUT2D eigenvalue weighted by Crippen LogP contribution is -2.60. The first-order chi connectivity index (χ1) is 13.3. The highest BCUT2D eigenvalue weighted by Crippen LogP contribution is 2.42. The lowest BCUT2D eigenvalue weighted by molar-refractivity contribution is -0.274. The molecule has 2 fully saturated rings. The number of aliphatic hydroxyl groups is 1. The van der Waals surface area contributed by atoms with Gasteiger partial charge in [0, 0.05) is 18.6 Å². The Kier molecular flexibility index (Phi) is 5.07. The number of hydrogen-bond acceptors (Lipinski definition) is 4. The predicted molar refractivity (Wildman–Crippen MR) is 96.6 cm³/mol. The maximum Gasteiger partial charge on any atom is 0.573 e. The van der Waals surface area contributed by atoms with Crippen molar-refractivity contribution in [3.63, 3.8) is 0 Å². The quantitative estimate of drug-likeness (QED) is 0.857. The van der Waals surface area contributed by atoms with Gasteiger partial charge in [-0.25, -0.2) is 0 Å². The molecule has 0 radical (unpaired) electrons. The van der Waals surface area contributed by atoms with E-state index in [1.165, 1.54) is 23.8 Å². The second-order valence-electron chi connectivity index (χ2n) is 7.52. The monoisotopic (exact) mass is 393 g/mol. The third kappa shape index (κ3) is 4.16. The topological polar surface area (TPSA) is 41.9 Å². The number of morpholine rings is 1. The normalized spacial score (nSPS) is 28.1. The van der Waals surface area contributed by atoms with Gasteiger partial charge in [0.2, 0.25) is 0 Å². The van der Waals surface area contributed by atoms with Gasteiger partial charge in [-0.1, -0.05) is 42.5 Å². The average molecular weight is 393 g/mol. The zero-order chi connectivity index (χ0) is 19.8. The first-order valence-corrected chi connectivity index (χ1v) is 9.28. The number of piperidine rings is 1. The molecule has 2 bridgehead atoms. The van der Waals surface area contributed by atoms with Crippen LogP contribution in [0.5, 0.6) is 5.75 Å². The first-order valence-electron chi connectivity index (χ1n) is 9.28. The molecule has 0 saturated carbocycles. The van der Waals surface area contributed by atoms with Crippen LogP contribution in [-0.2, 0) is 16.9 Å². The molecule has 2 aromatic rings. The van der Waals surface area contributed by atoms with Crippen molar-refractivity contribution in [2.75, 3.05) is 13.2 Å². The number of rotatable bonds is 4. The molecular weight excluding hydrogens is 371 g/mol. The minimum atomic E-state index is -4.76. The number of nitrogens with zero attached hydrogens (tertiary/aromatic N) is 1. The Balaban J connectivity index is 1.55. The molecule has 2 aromatic carbocycles. The fraction of sp³-hybridized carbons (Fsp3) is 0.429. The lowest BCUT2D eigenvalue weighted by Gasteiger charge is -2.52. The second kappa shape index (κ2) is 7.39. The highest BCUT2D eigenvalue weighted by Gasteiger charge is 2.47. The molecule has 2 aliphatic heterocycles. The van der Waals surface area contributed by atoms with Crippen LogP contribution >= 0.6 is 0 Å². The number of alkyl halides is 3. The summed E-state index contributed by atoms with van der Waals surface area (Å²) in [5.74, 6) is -0.313. The highest BCUT2D eigenvalue weighted by molar-refractivity contribution is 5.33. The van der Waals surface area contributed by atoms with E-state index in [-0.39, 0.29) is 17.8 Å². The fourth-order valence-corrected chi connectivity index (χ4v) is 4.32. The van der Waals surface area contributed by atoms with E-state index in [0.717, 1.165) is 6.54 Å². The number of hydrogen-bond donors (Lipinski definition) is 1. The van der Waals surface area contributed by atoms with Crippen molar-refractivity contribution >= 4 is 0 Å². The predicted octanol–water partition coefficient (Wildman–Crippen LogP) is 3.84. The highest BCUT2D eigenvalue weighted by atomic mass is 19.4. The summed E-state index contributed by atoms with van der Waals surface area (Å²) in [5.41, 5.74) is 0.424. The van der Waals surface area contributed by atoms with Crippen LogP contribution in [0.3, 0.4) is 0 Å². The van der Waals surface area contributed by atoms with E-state index >= 15 is 0 Å². The van der Waals surface area contributed by atoms with E-state index in [0.29, 0.717) is 31.6 Å². The zero-order valence-corrected chi connectivity index (χ0v) is 15.2. The van der Waals surface area contributed by atoms with Gasteiger partial charge < -0.3 is 14.6 Å². The van der Waals surface area contributed by atoms with Crippen molar-refractivity contribution in [1.82, 2.24) is 4.90 Å². The molecule has 4 nitrogen and oxygen atoms in total. The van der Waals surface area contributed by atoms with Crippen LogP contribution in [0.2, 0.25) is 0 Å². The Morgan fingerprint density at radius 1 is 1.04 bits per heavy atom. The number of halogens is 3. The van der Waals surface area contributed by atoms with Crippen LogP contribution in [0.4, 0.5) is 13.2 Å². The Morgan fingerprint density at radius 3 is 2.36 bits per heavy atom. The number of ether oxygens (including phenoxy) is 2. The van der Waals surface area contributed by atoms with Crippen molar-refractivity contribution in [2.45, 2.75) is 43.4 Å². The first kappa shape index (κ1) is 19.2. The Hall–Kier alpha value is -2.09. The third-order valence-electron chi connectivity index (χ3n) is 5.52. The molecule has 7 heteroatoms. The molecule has 0 amide bonds. The maximum absolute atomic E-state index is 12.5. The SMILES string of the molecule is OC1(c2cccc(OC(F)(F)F)c2)CC2COCC(C1)N2Cc1ccccc1. The molecule has 0 spiro atoms. The van der Waals surface area contributed by atoms with Crippen LogP contribution in [-0.4, -0.2) is 41.7 Å². The Morgan fingerprint density at radius 2 is 1.71 bits per heavy atom. The lowest BCUT2D eigenvalue weighted by atomic mass is 9.76. The van der Waals surface area contributed by atoms with E-state index < -0.39 is 12.0 Å². The number of benzene rings is 2. The van der Waals surface area contributed by atoms with Gasteiger partial charge in [0.25, 0.3) is 0 Å². The summed E-state index contributed by atoms with van der Waals surface area (Å²) in [4.78, 5) is 2.34. The van der Waals surface area contributed by atoms with Gasteiger partial charge in [0.05, 0.1) is 18.8 Å². The van der Waals surface area contributed by atoms with E-state index in [1.54, 1.807) is 6.07 Å². The van der Waals surface area contributed by atoms with Gasteiger partial charge in [0.15, 0.2) is 0 Å². The average Bonchev–Trinajstić information content (AvgIpc) is 2.62. The summed E-state index contributed by atoms with van der Waals surface area (Å²) in [6.45, 7) is 1.74. The molecular formula is C21H22F3NO3. The van der Waals surface area contributed by atoms with Crippen molar-refractivity contribution in [3.8, 4) is 5.75 Å². The zero-order valence-electron chi connectivity index (χ0n) is 15.2. The summed E-state index contributed by atoms with van der Waals surface area (Å²) in [6.07, 6.45) is -3.97. The molecule has 0 aromatic heterocycles. The molecule has 1 N–H and O–H groups in total. The van der Waals surface area contributed by atoms with Crippen molar-refractivity contribution < 1.29 is 27.8 Å². The standard InChI is InChI=1S/C21H22F3NO3/c22-21(23,24)28-19-8-4-7-16(9-19)20(26)10-17-13-27-14-18(11-20)25(17)12-15-5-2-1-3-6-15/h1-9,17-18,26H,10-14H2. The van der Waals surface area contributed by atoms with Gasteiger partial charge in [-0.2, -0.15) is 0 Å². The van der Waals surface area contributed by atoms with Crippen LogP contribution in [0.25, 0.3) is 0 Å². The molecule has 2 heterocycles. The molecule has 2 unspecified atom stereocenters. The summed E-state index contributed by atoms with van der Waals surface area (Å²) < 4.78 is 47.4. The molecule has 0 aliphatic carbocycles. The summed E-state index contributed by atoms with van der Waals surface area (Å²) in [7, 11) is 0. The Labute approximate surface area is 161 Å². The van der Waals surface area contributed by atoms with Crippen molar-refractivity contribution in [2.24, 2.45) is 0 Å². The minimum Gasteiger partial charge on any atom is -0.406 e. The molecule has 150 valence electrons. The minimum absolute atomic E-state index is 0.00935. The van der Waals surface area contributed by atoms with E-state index in [9.17, 15) is 18.3 Å². The summed E-state index contributed by atoms with van der Waals surface area (Å²) in [6, 6.07) is 15.7. The largest absolute Gasteiger partial charge is 0.573 e. The van der Waals surface area contributed by atoms with Gasteiger partial charge in [-0.05, 0) is 36.1 Å². The molecule has 4 rings (SSSR count). The Bertz CT molecular complexity index is 798. The fourth-order valence-electron chi connectivity index (χ4n) is 4.32. The van der Waals surface area contributed by atoms with E-state index in [1.807, 2.05) is 18.2 Å². The maximum atomic E-state index is 12.5. The smallest absolute Gasteiger partial charge is 0.406 e. The van der Waals surface area contributed by atoms with Crippen molar-refractivity contribution in [1.29, 1.82) is 0 Å². The molecule has 2 atom stereocenters.